The molecule has 0 saturated heterocycles. The first-order valence-electron chi connectivity index (χ1n) is 7.24. The van der Waals surface area contributed by atoms with Crippen LogP contribution in [0.2, 0.25) is 0 Å². The van der Waals surface area contributed by atoms with Crippen molar-refractivity contribution in [3.05, 3.63) is 29.8 Å². The molecule has 0 fully saturated rings. The highest BCUT2D eigenvalue weighted by molar-refractivity contribution is 5.94. The summed E-state index contributed by atoms with van der Waals surface area (Å²) in [6.45, 7) is 2.58. The Hall–Kier alpha value is -2.57. The van der Waals surface area contributed by atoms with Crippen molar-refractivity contribution in [2.24, 2.45) is 27.2 Å². The molecule has 0 aromatic heterocycles. The average Bonchev–Trinajstić information content (AvgIpc) is 2.46. The number of ether oxygens (including phenoxy) is 1. The van der Waals surface area contributed by atoms with Crippen LogP contribution in [0, 0.1) is 0 Å². The molecule has 0 heterocycles. The number of nitrogens with two attached hydrogens (primary N) is 3. The summed E-state index contributed by atoms with van der Waals surface area (Å²) in [5.41, 5.74) is 16.9. The minimum atomic E-state index is -0.343. The highest BCUT2D eigenvalue weighted by Crippen LogP contribution is 2.14. The molecule has 120 valence electrons. The minimum absolute atomic E-state index is 0.0498. The van der Waals surface area contributed by atoms with E-state index in [0.717, 1.165) is 25.7 Å². The van der Waals surface area contributed by atoms with Gasteiger partial charge in [0.2, 0.25) is 5.96 Å². The number of rotatable bonds is 7. The summed E-state index contributed by atoms with van der Waals surface area (Å²) >= 11 is 0. The first-order chi connectivity index (χ1) is 10.5. The number of hydrogen-bond donors (Lipinski definition) is 3. The Labute approximate surface area is 130 Å². The van der Waals surface area contributed by atoms with E-state index in [1.54, 1.807) is 24.3 Å². The predicted octanol–water partition coefficient (Wildman–Crippen LogP) is 1.64. The van der Waals surface area contributed by atoms with Crippen LogP contribution in [0.4, 0.5) is 5.69 Å². The molecular formula is C15H23N5O2. The van der Waals surface area contributed by atoms with Gasteiger partial charge in [-0.05, 0) is 30.7 Å². The van der Waals surface area contributed by atoms with Gasteiger partial charge in [0.25, 0.3) is 0 Å². The molecule has 0 radical (unpaired) electrons. The molecule has 1 aromatic carbocycles. The Bertz CT molecular complexity index is 533. The Balaban J connectivity index is 2.54. The molecule has 0 atom stereocenters. The number of aliphatic imine (C=N–C) groups is 2. The second-order valence-electron chi connectivity index (χ2n) is 4.75. The number of nitrogens with zero attached hydrogens (tertiary/aromatic N) is 2. The van der Waals surface area contributed by atoms with Gasteiger partial charge in [-0.3, -0.25) is 0 Å². The second kappa shape index (κ2) is 9.38. The topological polar surface area (TPSA) is 129 Å². The highest BCUT2D eigenvalue weighted by Gasteiger charge is 2.06. The molecule has 0 aliphatic heterocycles. The second-order valence-corrected chi connectivity index (χ2v) is 4.75. The van der Waals surface area contributed by atoms with Crippen molar-refractivity contribution < 1.29 is 9.53 Å². The number of guanidine groups is 2. The van der Waals surface area contributed by atoms with Gasteiger partial charge >= 0.3 is 5.97 Å². The van der Waals surface area contributed by atoms with Crippen LogP contribution < -0.4 is 17.2 Å². The van der Waals surface area contributed by atoms with Crippen LogP contribution in [-0.2, 0) is 4.74 Å². The minimum Gasteiger partial charge on any atom is -0.462 e. The molecule has 0 amide bonds. The Morgan fingerprint density at radius 2 is 1.77 bits per heavy atom. The Morgan fingerprint density at radius 1 is 1.09 bits per heavy atom. The fraction of sp³-hybridized carbons (Fsp3) is 0.400. The molecule has 0 bridgehead atoms. The molecule has 0 saturated carbocycles. The van der Waals surface area contributed by atoms with Gasteiger partial charge in [-0.2, -0.15) is 4.99 Å². The van der Waals surface area contributed by atoms with Gasteiger partial charge in [-0.1, -0.05) is 26.2 Å². The van der Waals surface area contributed by atoms with Crippen LogP contribution >= 0.6 is 0 Å². The summed E-state index contributed by atoms with van der Waals surface area (Å²) < 4.78 is 5.19. The van der Waals surface area contributed by atoms with E-state index >= 15 is 0 Å². The van der Waals surface area contributed by atoms with Crippen molar-refractivity contribution in [3.8, 4) is 0 Å². The largest absolute Gasteiger partial charge is 0.462 e. The maximum absolute atomic E-state index is 11.8. The van der Waals surface area contributed by atoms with Crippen LogP contribution in [0.5, 0.6) is 0 Å². The van der Waals surface area contributed by atoms with Crippen molar-refractivity contribution in [2.45, 2.75) is 32.6 Å². The Kier molecular flexibility index (Phi) is 7.45. The maximum Gasteiger partial charge on any atom is 0.338 e. The molecule has 0 unspecified atom stereocenters. The Morgan fingerprint density at radius 3 is 2.36 bits per heavy atom. The number of carbonyl (C=O) groups is 1. The zero-order valence-corrected chi connectivity index (χ0v) is 12.8. The molecular weight excluding hydrogens is 282 g/mol. The van der Waals surface area contributed by atoms with Crippen molar-refractivity contribution in [3.63, 3.8) is 0 Å². The summed E-state index contributed by atoms with van der Waals surface area (Å²) in [5, 5.41) is 0. The standard InChI is InChI=1S/C15H23N5O2/c1-2-3-4-5-10-22-13(21)11-6-8-12(9-7-11)19-15(18)20-14(16)17/h6-9H,2-5,10H2,1H3,(H6,16,17,18,19,20). The van der Waals surface area contributed by atoms with E-state index in [9.17, 15) is 4.79 Å². The first-order valence-corrected chi connectivity index (χ1v) is 7.24. The van der Waals surface area contributed by atoms with Gasteiger partial charge < -0.3 is 21.9 Å². The van der Waals surface area contributed by atoms with Crippen LogP contribution in [0.25, 0.3) is 0 Å². The first kappa shape index (κ1) is 17.5. The molecule has 0 aliphatic rings. The smallest absolute Gasteiger partial charge is 0.338 e. The van der Waals surface area contributed by atoms with E-state index in [1.165, 1.54) is 0 Å². The molecule has 0 spiro atoms. The van der Waals surface area contributed by atoms with Crippen molar-refractivity contribution >= 4 is 23.6 Å². The third kappa shape index (κ3) is 6.74. The summed E-state index contributed by atoms with van der Waals surface area (Å²) in [6, 6.07) is 6.53. The summed E-state index contributed by atoms with van der Waals surface area (Å²) in [5.74, 6) is -0.556. The van der Waals surface area contributed by atoms with E-state index in [2.05, 4.69) is 16.9 Å². The van der Waals surface area contributed by atoms with Gasteiger partial charge in [0.1, 0.15) is 0 Å². The van der Waals surface area contributed by atoms with Crippen LogP contribution in [0.1, 0.15) is 43.0 Å². The van der Waals surface area contributed by atoms with E-state index in [1.807, 2.05) is 0 Å². The third-order valence-corrected chi connectivity index (χ3v) is 2.82. The van der Waals surface area contributed by atoms with Gasteiger partial charge in [-0.25, -0.2) is 9.79 Å². The number of hydrogen-bond acceptors (Lipinski definition) is 3. The summed E-state index contributed by atoms with van der Waals surface area (Å²) in [4.78, 5) is 19.4. The van der Waals surface area contributed by atoms with E-state index < -0.39 is 0 Å². The van der Waals surface area contributed by atoms with Crippen LogP contribution in [0.3, 0.4) is 0 Å². The average molecular weight is 305 g/mol. The van der Waals surface area contributed by atoms with Crippen molar-refractivity contribution in [2.75, 3.05) is 6.61 Å². The normalized spacial score (nSPS) is 11.0. The SMILES string of the molecule is CCCCCCOC(=O)c1ccc(N=C(N)N=C(N)N)cc1. The van der Waals surface area contributed by atoms with Crippen molar-refractivity contribution in [1.82, 2.24) is 0 Å². The highest BCUT2D eigenvalue weighted by atomic mass is 16.5. The quantitative estimate of drug-likeness (QED) is 0.305. The molecule has 6 N–H and O–H groups in total. The third-order valence-electron chi connectivity index (χ3n) is 2.82. The molecule has 1 rings (SSSR count). The lowest BCUT2D eigenvalue weighted by Gasteiger charge is -2.05. The van der Waals surface area contributed by atoms with Gasteiger partial charge in [0, 0.05) is 0 Å². The van der Waals surface area contributed by atoms with Crippen LogP contribution in [0.15, 0.2) is 34.3 Å². The van der Waals surface area contributed by atoms with E-state index in [0.29, 0.717) is 17.9 Å². The number of unbranched alkanes of at least 4 members (excludes halogenated alkanes) is 3. The number of benzene rings is 1. The van der Waals surface area contributed by atoms with Gasteiger partial charge in [0.05, 0.1) is 17.9 Å². The molecule has 1 aromatic rings. The monoisotopic (exact) mass is 305 g/mol. The number of esters is 1. The zero-order chi connectivity index (χ0) is 16.4. The fourth-order valence-corrected chi connectivity index (χ4v) is 1.74. The van der Waals surface area contributed by atoms with Crippen molar-refractivity contribution in [1.29, 1.82) is 0 Å². The lowest BCUT2D eigenvalue weighted by atomic mass is 10.2. The molecule has 7 nitrogen and oxygen atoms in total. The molecule has 22 heavy (non-hydrogen) atoms. The number of carbonyl (C=O) groups excluding carboxylic acids is 1. The van der Waals surface area contributed by atoms with E-state index in [4.69, 9.17) is 21.9 Å². The summed E-state index contributed by atoms with van der Waals surface area (Å²) in [6.07, 6.45) is 4.26. The fourth-order valence-electron chi connectivity index (χ4n) is 1.74. The maximum atomic E-state index is 11.8. The van der Waals surface area contributed by atoms with Gasteiger partial charge in [-0.15, -0.1) is 0 Å². The lowest BCUT2D eigenvalue weighted by Crippen LogP contribution is -2.26. The predicted molar refractivity (Wildman–Crippen MR) is 88.0 cm³/mol. The zero-order valence-electron chi connectivity index (χ0n) is 12.8. The molecule has 7 heteroatoms. The van der Waals surface area contributed by atoms with Gasteiger partial charge in [0.15, 0.2) is 5.96 Å². The molecule has 0 aliphatic carbocycles. The van der Waals surface area contributed by atoms with E-state index in [-0.39, 0.29) is 17.9 Å². The lowest BCUT2D eigenvalue weighted by molar-refractivity contribution is 0.0498. The summed E-state index contributed by atoms with van der Waals surface area (Å²) in [7, 11) is 0. The van der Waals surface area contributed by atoms with Crippen LogP contribution in [-0.4, -0.2) is 24.5 Å².